The summed E-state index contributed by atoms with van der Waals surface area (Å²) in [5.41, 5.74) is 1.65. The Kier molecular flexibility index (Phi) is 7.14. The van der Waals surface area contributed by atoms with Crippen molar-refractivity contribution in [1.82, 2.24) is 20.1 Å². The minimum atomic E-state index is -0.365. The predicted octanol–water partition coefficient (Wildman–Crippen LogP) is 5.45. The average Bonchev–Trinajstić information content (AvgIpc) is 3.48. The number of methoxy groups -OCH3 is 1. The molecule has 0 saturated carbocycles. The van der Waals surface area contributed by atoms with Crippen LogP contribution in [-0.2, 0) is 11.3 Å². The van der Waals surface area contributed by atoms with E-state index in [1.807, 2.05) is 77.5 Å². The summed E-state index contributed by atoms with van der Waals surface area (Å²) in [7, 11) is 1.62. The van der Waals surface area contributed by atoms with Crippen molar-refractivity contribution in [2.45, 2.75) is 23.9 Å². The largest absolute Gasteiger partial charge is 0.496 e. The lowest BCUT2D eigenvalue weighted by atomic mass is 10.2. The lowest BCUT2D eigenvalue weighted by molar-refractivity contribution is -0.120. The van der Waals surface area contributed by atoms with Crippen molar-refractivity contribution < 1.29 is 9.53 Å². The third kappa shape index (κ3) is 4.98. The molecule has 0 aliphatic heterocycles. The van der Waals surface area contributed by atoms with E-state index in [1.54, 1.807) is 18.4 Å². The molecule has 0 spiro atoms. The highest BCUT2D eigenvalue weighted by molar-refractivity contribution is 8.00. The van der Waals surface area contributed by atoms with Crippen LogP contribution in [0.4, 0.5) is 0 Å². The Balaban J connectivity index is 1.65. The number of hydrogen-bond acceptors (Lipinski definition) is 6. The number of hydrogen-bond donors (Lipinski definition) is 1. The zero-order chi connectivity index (χ0) is 22.5. The molecule has 0 fully saturated rings. The molecule has 0 bridgehead atoms. The molecule has 0 aliphatic rings. The van der Waals surface area contributed by atoms with Gasteiger partial charge >= 0.3 is 0 Å². The van der Waals surface area contributed by atoms with Crippen LogP contribution in [0.5, 0.6) is 5.75 Å². The Labute approximate surface area is 199 Å². The van der Waals surface area contributed by atoms with Gasteiger partial charge in [-0.3, -0.25) is 9.36 Å². The Hall–Kier alpha value is -2.81. The number of nitrogens with zero attached hydrogens (tertiary/aromatic N) is 3. The van der Waals surface area contributed by atoms with E-state index in [-0.39, 0.29) is 11.2 Å². The number of halogens is 1. The monoisotopic (exact) mass is 484 g/mol. The van der Waals surface area contributed by atoms with Gasteiger partial charge in [0.2, 0.25) is 5.91 Å². The van der Waals surface area contributed by atoms with Crippen molar-refractivity contribution in [2.75, 3.05) is 7.11 Å². The van der Waals surface area contributed by atoms with Gasteiger partial charge in [-0.1, -0.05) is 41.6 Å². The maximum absolute atomic E-state index is 12.7. The third-order valence-electron chi connectivity index (χ3n) is 4.73. The van der Waals surface area contributed by atoms with Gasteiger partial charge < -0.3 is 10.1 Å². The van der Waals surface area contributed by atoms with E-state index < -0.39 is 0 Å². The number of ether oxygens (including phenoxy) is 1. The van der Waals surface area contributed by atoms with E-state index in [2.05, 4.69) is 15.5 Å². The van der Waals surface area contributed by atoms with E-state index in [0.29, 0.717) is 28.3 Å². The highest BCUT2D eigenvalue weighted by Gasteiger charge is 2.23. The molecule has 2 aromatic heterocycles. The molecule has 32 heavy (non-hydrogen) atoms. The summed E-state index contributed by atoms with van der Waals surface area (Å²) in [6, 6.07) is 19.0. The van der Waals surface area contributed by atoms with Crippen LogP contribution >= 0.6 is 34.7 Å². The number of para-hydroxylation sites is 1. The molecule has 2 aromatic carbocycles. The second-order valence-electron chi connectivity index (χ2n) is 6.88. The molecule has 1 atom stereocenters. The number of amides is 1. The number of thiophene rings is 1. The maximum atomic E-state index is 12.7. The van der Waals surface area contributed by atoms with Crippen LogP contribution in [0, 0.1) is 0 Å². The maximum Gasteiger partial charge on any atom is 0.233 e. The molecular weight excluding hydrogens is 464 g/mol. The fourth-order valence-corrected chi connectivity index (χ4v) is 4.78. The molecule has 1 amide bonds. The summed E-state index contributed by atoms with van der Waals surface area (Å²) < 4.78 is 7.45. The summed E-state index contributed by atoms with van der Waals surface area (Å²) in [5.74, 6) is 1.25. The van der Waals surface area contributed by atoms with E-state index in [9.17, 15) is 4.79 Å². The molecule has 0 aliphatic carbocycles. The van der Waals surface area contributed by atoms with Crippen molar-refractivity contribution in [1.29, 1.82) is 0 Å². The molecule has 9 heteroatoms. The zero-order valence-corrected chi connectivity index (χ0v) is 19.9. The molecule has 6 nitrogen and oxygen atoms in total. The lowest BCUT2D eigenvalue weighted by Crippen LogP contribution is -2.30. The SMILES string of the molecule is COc1ccccc1-c1nnc(SC(C)C(=O)NCc2cccs2)n1-c1ccc(Cl)cc1. The second kappa shape index (κ2) is 10.2. The van der Waals surface area contributed by atoms with Crippen molar-refractivity contribution in [3.63, 3.8) is 0 Å². The number of aromatic nitrogens is 3. The fraction of sp³-hybridized carbons (Fsp3) is 0.174. The molecule has 4 rings (SSSR count). The Morgan fingerprint density at radius 2 is 1.94 bits per heavy atom. The van der Waals surface area contributed by atoms with Gasteiger partial charge in [-0.15, -0.1) is 21.5 Å². The van der Waals surface area contributed by atoms with Gasteiger partial charge in [-0.2, -0.15) is 0 Å². The molecular formula is C23H21ClN4O2S2. The molecule has 2 heterocycles. The molecule has 1 N–H and O–H groups in total. The minimum absolute atomic E-state index is 0.0621. The van der Waals surface area contributed by atoms with Gasteiger partial charge in [-0.05, 0) is 54.8 Å². The highest BCUT2D eigenvalue weighted by Crippen LogP contribution is 2.34. The topological polar surface area (TPSA) is 69.0 Å². The van der Waals surface area contributed by atoms with Crippen molar-refractivity contribution in [3.8, 4) is 22.8 Å². The van der Waals surface area contributed by atoms with E-state index in [4.69, 9.17) is 16.3 Å². The molecule has 164 valence electrons. The van der Waals surface area contributed by atoms with Gasteiger partial charge in [0.05, 0.1) is 24.5 Å². The molecule has 4 aromatic rings. The number of thioether (sulfide) groups is 1. The lowest BCUT2D eigenvalue weighted by Gasteiger charge is -2.15. The standard InChI is InChI=1S/C23H21ClN4O2S2/c1-15(22(29)25-14-18-6-5-13-31-18)32-23-27-26-21(19-7-3-4-8-20(19)30-2)28(23)17-11-9-16(24)10-12-17/h3-13,15H,14H2,1-2H3,(H,25,29). The highest BCUT2D eigenvalue weighted by atomic mass is 35.5. The molecule has 0 saturated heterocycles. The summed E-state index contributed by atoms with van der Waals surface area (Å²) >= 11 is 9.07. The fourth-order valence-electron chi connectivity index (χ4n) is 3.12. The molecule has 1 unspecified atom stereocenters. The normalized spacial score (nSPS) is 11.8. The summed E-state index contributed by atoms with van der Waals surface area (Å²) in [5, 5.41) is 14.7. The van der Waals surface area contributed by atoms with Gasteiger partial charge in [0.1, 0.15) is 5.75 Å². The van der Waals surface area contributed by atoms with Crippen LogP contribution in [0.2, 0.25) is 5.02 Å². The first kappa shape index (κ1) is 22.4. The van der Waals surface area contributed by atoms with E-state index in [0.717, 1.165) is 16.1 Å². The van der Waals surface area contributed by atoms with Crippen LogP contribution in [0.25, 0.3) is 17.1 Å². The van der Waals surface area contributed by atoms with Crippen LogP contribution < -0.4 is 10.1 Å². The number of rotatable bonds is 8. The van der Waals surface area contributed by atoms with Gasteiger partial charge in [0.15, 0.2) is 11.0 Å². The van der Waals surface area contributed by atoms with Crippen molar-refractivity contribution >= 4 is 40.6 Å². The van der Waals surface area contributed by atoms with E-state index in [1.165, 1.54) is 11.8 Å². The summed E-state index contributed by atoms with van der Waals surface area (Å²) in [6.07, 6.45) is 0. The second-order valence-corrected chi connectivity index (χ2v) is 9.65. The molecule has 0 radical (unpaired) electrons. The van der Waals surface area contributed by atoms with Crippen molar-refractivity contribution in [2.24, 2.45) is 0 Å². The number of carbonyl (C=O) groups excluding carboxylic acids is 1. The first-order valence-corrected chi connectivity index (χ1v) is 12.0. The third-order valence-corrected chi connectivity index (χ3v) is 6.91. The van der Waals surface area contributed by atoms with Crippen LogP contribution in [0.15, 0.2) is 71.2 Å². The van der Waals surface area contributed by atoms with E-state index >= 15 is 0 Å². The predicted molar refractivity (Wildman–Crippen MR) is 130 cm³/mol. The first-order chi connectivity index (χ1) is 15.6. The van der Waals surface area contributed by atoms with Crippen LogP contribution in [0.1, 0.15) is 11.8 Å². The number of carbonyl (C=O) groups is 1. The van der Waals surface area contributed by atoms with Crippen LogP contribution in [-0.4, -0.2) is 33.0 Å². The average molecular weight is 485 g/mol. The van der Waals surface area contributed by atoms with Crippen molar-refractivity contribution in [3.05, 3.63) is 75.9 Å². The summed E-state index contributed by atoms with van der Waals surface area (Å²) in [4.78, 5) is 13.8. The smallest absolute Gasteiger partial charge is 0.233 e. The summed E-state index contributed by atoms with van der Waals surface area (Å²) in [6.45, 7) is 2.37. The number of nitrogens with one attached hydrogen (secondary N) is 1. The number of benzene rings is 2. The Morgan fingerprint density at radius 3 is 2.66 bits per heavy atom. The van der Waals surface area contributed by atoms with Gasteiger partial charge in [-0.25, -0.2) is 0 Å². The van der Waals surface area contributed by atoms with Gasteiger partial charge in [0, 0.05) is 15.6 Å². The Bertz CT molecular complexity index is 1190. The quantitative estimate of drug-likeness (QED) is 0.336. The minimum Gasteiger partial charge on any atom is -0.496 e. The first-order valence-electron chi connectivity index (χ1n) is 9.88. The Morgan fingerprint density at radius 1 is 1.16 bits per heavy atom. The zero-order valence-electron chi connectivity index (χ0n) is 17.5. The van der Waals surface area contributed by atoms with Crippen LogP contribution in [0.3, 0.4) is 0 Å². The van der Waals surface area contributed by atoms with Gasteiger partial charge in [0.25, 0.3) is 0 Å².